The summed E-state index contributed by atoms with van der Waals surface area (Å²) in [5, 5.41) is 0. The largest absolute Gasteiger partial charge is 0.367 e. The number of rotatable bonds is 2. The molecule has 18 heavy (non-hydrogen) atoms. The van der Waals surface area contributed by atoms with E-state index in [9.17, 15) is 0 Å². The molecular formula is C13H18BrClN2O. The van der Waals surface area contributed by atoms with E-state index in [1.165, 1.54) is 0 Å². The van der Waals surface area contributed by atoms with Crippen LogP contribution >= 0.6 is 27.5 Å². The molecule has 1 unspecified atom stereocenters. The topological polar surface area (TPSA) is 25.4 Å². The van der Waals surface area contributed by atoms with Crippen molar-refractivity contribution in [1.82, 2.24) is 4.98 Å². The van der Waals surface area contributed by atoms with Gasteiger partial charge in [0.2, 0.25) is 0 Å². The monoisotopic (exact) mass is 332 g/mol. The molecule has 0 saturated carbocycles. The fraction of sp³-hybridized carbons (Fsp3) is 0.615. The number of anilines is 1. The maximum Gasteiger partial charge on any atom is 0.129 e. The molecule has 1 aliphatic heterocycles. The molecule has 0 radical (unpaired) electrons. The molecule has 1 saturated heterocycles. The normalized spacial score (nSPS) is 23.2. The van der Waals surface area contributed by atoms with Gasteiger partial charge in [-0.05, 0) is 48.8 Å². The molecule has 1 atom stereocenters. The van der Waals surface area contributed by atoms with Gasteiger partial charge in [0, 0.05) is 17.6 Å². The van der Waals surface area contributed by atoms with Crippen molar-refractivity contribution >= 4 is 33.3 Å². The van der Waals surface area contributed by atoms with Crippen LogP contribution in [0.3, 0.4) is 0 Å². The smallest absolute Gasteiger partial charge is 0.129 e. The minimum Gasteiger partial charge on any atom is -0.367 e. The highest BCUT2D eigenvalue weighted by molar-refractivity contribution is 9.10. The number of hydrogen-bond donors (Lipinski definition) is 0. The molecule has 2 heterocycles. The lowest BCUT2D eigenvalue weighted by atomic mass is 10.1. The van der Waals surface area contributed by atoms with Crippen LogP contribution in [0, 0.1) is 6.92 Å². The number of hydrogen-bond acceptors (Lipinski definition) is 3. The maximum absolute atomic E-state index is 5.94. The zero-order valence-corrected chi connectivity index (χ0v) is 13.3. The van der Waals surface area contributed by atoms with Gasteiger partial charge in [0.05, 0.1) is 23.3 Å². The molecule has 0 bridgehead atoms. The second kappa shape index (κ2) is 5.35. The fourth-order valence-corrected chi connectivity index (χ4v) is 2.64. The summed E-state index contributed by atoms with van der Waals surface area (Å²) in [6.45, 7) is 7.79. The van der Waals surface area contributed by atoms with Gasteiger partial charge < -0.3 is 9.64 Å². The summed E-state index contributed by atoms with van der Waals surface area (Å²) in [5.41, 5.74) is 0.805. The number of aromatic nitrogens is 1. The summed E-state index contributed by atoms with van der Waals surface area (Å²) in [5.74, 6) is 1.50. The van der Waals surface area contributed by atoms with Gasteiger partial charge in [0.25, 0.3) is 0 Å². The first-order chi connectivity index (χ1) is 8.41. The molecule has 1 aromatic rings. The van der Waals surface area contributed by atoms with E-state index in [-0.39, 0.29) is 11.7 Å². The molecule has 5 heteroatoms. The van der Waals surface area contributed by atoms with Crippen LogP contribution in [0.25, 0.3) is 0 Å². The lowest BCUT2D eigenvalue weighted by Gasteiger charge is -2.43. The summed E-state index contributed by atoms with van der Waals surface area (Å²) in [6.07, 6.45) is 0.0566. The van der Waals surface area contributed by atoms with Crippen molar-refractivity contribution in [2.75, 3.05) is 23.9 Å². The maximum atomic E-state index is 5.94. The van der Waals surface area contributed by atoms with Gasteiger partial charge >= 0.3 is 0 Å². The first-order valence-electron chi connectivity index (χ1n) is 6.03. The van der Waals surface area contributed by atoms with Crippen molar-refractivity contribution in [1.29, 1.82) is 0 Å². The second-order valence-electron chi connectivity index (χ2n) is 5.27. The van der Waals surface area contributed by atoms with E-state index in [0.29, 0.717) is 5.88 Å². The minimum atomic E-state index is -0.194. The summed E-state index contributed by atoms with van der Waals surface area (Å²) < 4.78 is 6.95. The van der Waals surface area contributed by atoms with E-state index in [1.807, 2.05) is 19.1 Å². The average Bonchev–Trinajstić information content (AvgIpc) is 2.30. The highest BCUT2D eigenvalue weighted by Crippen LogP contribution is 2.27. The predicted molar refractivity (Wildman–Crippen MR) is 78.6 cm³/mol. The minimum absolute atomic E-state index is 0.0566. The summed E-state index contributed by atoms with van der Waals surface area (Å²) in [4.78, 5) is 6.86. The Morgan fingerprint density at radius 3 is 2.89 bits per heavy atom. The zero-order valence-electron chi connectivity index (χ0n) is 10.9. The molecule has 0 amide bonds. The number of morpholine rings is 1. The highest BCUT2D eigenvalue weighted by atomic mass is 79.9. The van der Waals surface area contributed by atoms with Gasteiger partial charge in [-0.1, -0.05) is 0 Å². The molecule has 1 fully saturated rings. The van der Waals surface area contributed by atoms with E-state index in [1.54, 1.807) is 0 Å². The number of ether oxygens (including phenoxy) is 1. The summed E-state index contributed by atoms with van der Waals surface area (Å²) in [6, 6.07) is 4.07. The summed E-state index contributed by atoms with van der Waals surface area (Å²) in [7, 11) is 0. The third-order valence-electron chi connectivity index (χ3n) is 2.98. The van der Waals surface area contributed by atoms with Gasteiger partial charge in [-0.15, -0.1) is 11.6 Å². The Hall–Kier alpha value is -0.320. The Morgan fingerprint density at radius 1 is 1.56 bits per heavy atom. The van der Waals surface area contributed by atoms with Gasteiger partial charge in [0.1, 0.15) is 5.82 Å². The van der Waals surface area contributed by atoms with Gasteiger partial charge in [-0.2, -0.15) is 0 Å². The average molecular weight is 334 g/mol. The zero-order chi connectivity index (χ0) is 13.3. The number of halogens is 2. The molecule has 0 spiro atoms. The van der Waals surface area contributed by atoms with E-state index in [0.717, 1.165) is 29.1 Å². The Labute approximate surface area is 122 Å². The van der Waals surface area contributed by atoms with E-state index >= 15 is 0 Å². The highest BCUT2D eigenvalue weighted by Gasteiger charge is 2.33. The van der Waals surface area contributed by atoms with Crippen LogP contribution < -0.4 is 4.90 Å². The molecule has 100 valence electrons. The van der Waals surface area contributed by atoms with Crippen molar-refractivity contribution in [3.8, 4) is 0 Å². The number of alkyl halides is 1. The molecule has 3 nitrogen and oxygen atoms in total. The van der Waals surface area contributed by atoms with Crippen LogP contribution in [0.1, 0.15) is 19.5 Å². The van der Waals surface area contributed by atoms with Crippen molar-refractivity contribution in [2.24, 2.45) is 0 Å². The molecule has 0 N–H and O–H groups in total. The van der Waals surface area contributed by atoms with Crippen LogP contribution in [-0.4, -0.2) is 35.7 Å². The molecule has 1 aliphatic rings. The van der Waals surface area contributed by atoms with Crippen LogP contribution in [0.4, 0.5) is 5.82 Å². The van der Waals surface area contributed by atoms with Crippen molar-refractivity contribution < 1.29 is 4.74 Å². The quantitative estimate of drug-likeness (QED) is 0.776. The third-order valence-corrected chi connectivity index (χ3v) is 4.17. The van der Waals surface area contributed by atoms with Crippen LogP contribution in [0.5, 0.6) is 0 Å². The molecule has 0 aliphatic carbocycles. The van der Waals surface area contributed by atoms with Gasteiger partial charge in [-0.25, -0.2) is 4.98 Å². The Morgan fingerprint density at radius 2 is 2.28 bits per heavy atom. The predicted octanol–water partition coefficient (Wildman–Crippen LogP) is 3.38. The number of nitrogens with zero attached hydrogens (tertiary/aromatic N) is 2. The SMILES string of the molecule is Cc1nc(N2CC(CCl)OC(C)(C)C2)ccc1Br. The third kappa shape index (κ3) is 3.16. The molecule has 0 aromatic carbocycles. The van der Waals surface area contributed by atoms with Crippen molar-refractivity contribution in [3.63, 3.8) is 0 Å². The molecular weight excluding hydrogens is 316 g/mol. The number of pyridine rings is 1. The Kier molecular flexibility index (Phi) is 4.19. The van der Waals surface area contributed by atoms with E-state index in [2.05, 4.69) is 39.7 Å². The second-order valence-corrected chi connectivity index (χ2v) is 6.43. The van der Waals surface area contributed by atoms with E-state index in [4.69, 9.17) is 16.3 Å². The first-order valence-corrected chi connectivity index (χ1v) is 7.36. The molecule has 2 rings (SSSR count). The first kappa shape index (κ1) is 14.1. The number of aryl methyl sites for hydroxylation is 1. The van der Waals surface area contributed by atoms with Crippen molar-refractivity contribution in [2.45, 2.75) is 32.5 Å². The molecule has 1 aromatic heterocycles. The van der Waals surface area contributed by atoms with Crippen molar-refractivity contribution in [3.05, 3.63) is 22.3 Å². The lowest BCUT2D eigenvalue weighted by Crippen LogP contribution is -2.53. The Bertz CT molecular complexity index is 439. The van der Waals surface area contributed by atoms with Crippen LogP contribution in [0.2, 0.25) is 0 Å². The lowest BCUT2D eigenvalue weighted by molar-refractivity contribution is -0.0736. The standard InChI is InChI=1S/C13H18BrClN2O/c1-9-11(14)4-5-12(16-9)17-7-10(6-15)18-13(2,3)8-17/h4-5,10H,6-8H2,1-3H3. The van der Waals surface area contributed by atoms with Crippen LogP contribution in [-0.2, 0) is 4.74 Å². The fourth-order valence-electron chi connectivity index (χ4n) is 2.26. The van der Waals surface area contributed by atoms with Gasteiger partial charge in [0.15, 0.2) is 0 Å². The van der Waals surface area contributed by atoms with Crippen LogP contribution in [0.15, 0.2) is 16.6 Å². The Balaban J connectivity index is 2.23. The van der Waals surface area contributed by atoms with E-state index < -0.39 is 0 Å². The van der Waals surface area contributed by atoms with Gasteiger partial charge in [-0.3, -0.25) is 0 Å². The summed E-state index contributed by atoms with van der Waals surface area (Å²) >= 11 is 9.41.